The first-order chi connectivity index (χ1) is 8.63. The molecule has 0 aromatic carbocycles. The van der Waals surface area contributed by atoms with Crippen LogP contribution in [0.4, 0.5) is 0 Å². The molecule has 1 atom stereocenters. The second kappa shape index (κ2) is 6.06. The molecule has 1 saturated heterocycles. The van der Waals surface area contributed by atoms with Gasteiger partial charge in [0.05, 0.1) is 7.11 Å². The van der Waals surface area contributed by atoms with Crippen LogP contribution >= 0.6 is 27.3 Å². The van der Waals surface area contributed by atoms with Crippen molar-refractivity contribution in [3.8, 4) is 5.75 Å². The summed E-state index contributed by atoms with van der Waals surface area (Å²) in [5.74, 6) is 1.49. The number of halogens is 1. The molecule has 1 aliphatic rings. The predicted octanol–water partition coefficient (Wildman–Crippen LogP) is 3.39. The quantitative estimate of drug-likeness (QED) is 0.794. The smallest absolute Gasteiger partial charge is 0.267 e. The van der Waals surface area contributed by atoms with Gasteiger partial charge in [-0.15, -0.1) is 11.3 Å². The molecular formula is C13H18BrNO2S. The Morgan fingerprint density at radius 2 is 2.22 bits per heavy atom. The maximum absolute atomic E-state index is 12.4. The van der Waals surface area contributed by atoms with E-state index in [1.54, 1.807) is 7.11 Å². The predicted molar refractivity (Wildman–Crippen MR) is 77.9 cm³/mol. The van der Waals surface area contributed by atoms with E-state index < -0.39 is 0 Å². The summed E-state index contributed by atoms with van der Waals surface area (Å²) in [4.78, 5) is 15.6. The number of methoxy groups -OCH3 is 1. The van der Waals surface area contributed by atoms with E-state index in [9.17, 15) is 4.79 Å². The van der Waals surface area contributed by atoms with Crippen molar-refractivity contribution < 1.29 is 9.53 Å². The standard InChI is InChI=1S/C13H18BrNO2S/c1-9(14)10-3-6-15(7-4-10)13(16)12-11(17-2)5-8-18-12/h5,8-10H,3-4,6-7H2,1-2H3. The number of carbonyl (C=O) groups excluding carboxylic acids is 1. The topological polar surface area (TPSA) is 29.5 Å². The Balaban J connectivity index is 2.00. The third-order valence-electron chi connectivity index (χ3n) is 3.52. The summed E-state index contributed by atoms with van der Waals surface area (Å²) in [5, 5.41) is 1.90. The van der Waals surface area contributed by atoms with Crippen molar-refractivity contribution in [2.45, 2.75) is 24.6 Å². The molecule has 0 spiro atoms. The number of thiophene rings is 1. The lowest BCUT2D eigenvalue weighted by molar-refractivity contribution is 0.0693. The second-order valence-electron chi connectivity index (χ2n) is 4.63. The molecule has 1 fully saturated rings. The van der Waals surface area contributed by atoms with Gasteiger partial charge in [0.25, 0.3) is 5.91 Å². The molecular weight excluding hydrogens is 314 g/mol. The monoisotopic (exact) mass is 331 g/mol. The average molecular weight is 332 g/mol. The molecule has 18 heavy (non-hydrogen) atoms. The Morgan fingerprint density at radius 1 is 1.56 bits per heavy atom. The van der Waals surface area contributed by atoms with Gasteiger partial charge in [0.1, 0.15) is 10.6 Å². The highest BCUT2D eigenvalue weighted by atomic mass is 79.9. The van der Waals surface area contributed by atoms with Crippen LogP contribution in [0.1, 0.15) is 29.4 Å². The molecule has 2 heterocycles. The SMILES string of the molecule is COc1ccsc1C(=O)N1CCC(C(C)Br)CC1. The van der Waals surface area contributed by atoms with E-state index in [1.807, 2.05) is 16.3 Å². The minimum Gasteiger partial charge on any atom is -0.495 e. The van der Waals surface area contributed by atoms with E-state index in [4.69, 9.17) is 4.74 Å². The summed E-state index contributed by atoms with van der Waals surface area (Å²) in [6, 6.07) is 1.85. The van der Waals surface area contributed by atoms with Crippen LogP contribution in [0.15, 0.2) is 11.4 Å². The summed E-state index contributed by atoms with van der Waals surface area (Å²) in [5.41, 5.74) is 0. The number of hydrogen-bond donors (Lipinski definition) is 0. The Labute approximate surface area is 120 Å². The van der Waals surface area contributed by atoms with Crippen molar-refractivity contribution in [3.05, 3.63) is 16.3 Å². The Hall–Kier alpha value is -0.550. The highest BCUT2D eigenvalue weighted by molar-refractivity contribution is 9.09. The zero-order chi connectivity index (χ0) is 13.1. The molecule has 1 aromatic rings. The van der Waals surface area contributed by atoms with Crippen molar-refractivity contribution in [3.63, 3.8) is 0 Å². The van der Waals surface area contributed by atoms with Crippen molar-refractivity contribution in [1.29, 1.82) is 0 Å². The first kappa shape index (κ1) is 13.9. The minimum absolute atomic E-state index is 0.113. The highest BCUT2D eigenvalue weighted by Crippen LogP contribution is 2.29. The number of rotatable bonds is 3. The number of carbonyl (C=O) groups is 1. The lowest BCUT2D eigenvalue weighted by atomic mass is 9.94. The minimum atomic E-state index is 0.113. The Kier molecular flexibility index (Phi) is 4.67. The molecule has 0 N–H and O–H groups in total. The van der Waals surface area contributed by atoms with E-state index in [2.05, 4.69) is 22.9 Å². The van der Waals surface area contributed by atoms with Crippen molar-refractivity contribution in [2.24, 2.45) is 5.92 Å². The van der Waals surface area contributed by atoms with Crippen molar-refractivity contribution in [2.75, 3.05) is 20.2 Å². The molecule has 0 aliphatic carbocycles. The van der Waals surface area contributed by atoms with Gasteiger partial charge in [-0.3, -0.25) is 4.79 Å². The summed E-state index contributed by atoms with van der Waals surface area (Å²) in [6.07, 6.45) is 2.15. The second-order valence-corrected chi connectivity index (χ2v) is 6.99. The molecule has 1 aliphatic heterocycles. The van der Waals surface area contributed by atoms with Gasteiger partial charge in [0.15, 0.2) is 0 Å². The van der Waals surface area contributed by atoms with Gasteiger partial charge in [0.2, 0.25) is 0 Å². The molecule has 1 amide bonds. The molecule has 0 radical (unpaired) electrons. The molecule has 3 nitrogen and oxygen atoms in total. The Morgan fingerprint density at radius 3 is 2.78 bits per heavy atom. The summed E-state index contributed by atoms with van der Waals surface area (Å²) >= 11 is 5.09. The fourth-order valence-electron chi connectivity index (χ4n) is 2.32. The van der Waals surface area contributed by atoms with Gasteiger partial charge in [-0.05, 0) is 30.2 Å². The zero-order valence-electron chi connectivity index (χ0n) is 10.7. The van der Waals surface area contributed by atoms with E-state index >= 15 is 0 Å². The lowest BCUT2D eigenvalue weighted by Gasteiger charge is -2.33. The van der Waals surface area contributed by atoms with Crippen LogP contribution in [-0.2, 0) is 0 Å². The number of nitrogens with zero attached hydrogens (tertiary/aromatic N) is 1. The van der Waals surface area contributed by atoms with Crippen LogP contribution in [0.5, 0.6) is 5.75 Å². The summed E-state index contributed by atoms with van der Waals surface area (Å²) < 4.78 is 5.21. The number of amides is 1. The van der Waals surface area contributed by atoms with Crippen molar-refractivity contribution >= 4 is 33.2 Å². The summed E-state index contributed by atoms with van der Waals surface area (Å²) in [7, 11) is 1.61. The maximum atomic E-state index is 12.4. The molecule has 0 bridgehead atoms. The van der Waals surface area contributed by atoms with Gasteiger partial charge < -0.3 is 9.64 Å². The van der Waals surface area contributed by atoms with E-state index in [0.29, 0.717) is 16.5 Å². The number of likely N-dealkylation sites (tertiary alicyclic amines) is 1. The molecule has 1 unspecified atom stereocenters. The van der Waals surface area contributed by atoms with E-state index in [1.165, 1.54) is 11.3 Å². The summed E-state index contributed by atoms with van der Waals surface area (Å²) in [6.45, 7) is 3.88. The zero-order valence-corrected chi connectivity index (χ0v) is 13.1. The van der Waals surface area contributed by atoms with Crippen molar-refractivity contribution in [1.82, 2.24) is 4.90 Å². The van der Waals surface area contributed by atoms with Gasteiger partial charge in [0, 0.05) is 17.9 Å². The fourth-order valence-corrected chi connectivity index (χ4v) is 3.67. The average Bonchev–Trinajstić information content (AvgIpc) is 2.86. The highest BCUT2D eigenvalue weighted by Gasteiger charge is 2.27. The number of alkyl halides is 1. The first-order valence-corrected chi connectivity index (χ1v) is 7.98. The van der Waals surface area contributed by atoms with E-state index in [-0.39, 0.29) is 5.91 Å². The lowest BCUT2D eigenvalue weighted by Crippen LogP contribution is -2.39. The first-order valence-electron chi connectivity index (χ1n) is 6.18. The normalized spacial score (nSPS) is 18.7. The number of piperidine rings is 1. The van der Waals surface area contributed by atoms with E-state index in [0.717, 1.165) is 30.8 Å². The van der Waals surface area contributed by atoms with Crippen LogP contribution in [0.3, 0.4) is 0 Å². The molecule has 100 valence electrons. The maximum Gasteiger partial charge on any atom is 0.267 e. The molecule has 1 aromatic heterocycles. The van der Waals surface area contributed by atoms with Crippen LogP contribution in [0.2, 0.25) is 0 Å². The van der Waals surface area contributed by atoms with Crippen LogP contribution in [-0.4, -0.2) is 35.8 Å². The van der Waals surface area contributed by atoms with Gasteiger partial charge in [-0.1, -0.05) is 22.9 Å². The third-order valence-corrected chi connectivity index (χ3v) is 5.15. The van der Waals surface area contributed by atoms with Crippen LogP contribution < -0.4 is 4.74 Å². The number of ether oxygens (including phenoxy) is 1. The van der Waals surface area contributed by atoms with Gasteiger partial charge in [-0.2, -0.15) is 0 Å². The molecule has 0 saturated carbocycles. The van der Waals surface area contributed by atoms with Gasteiger partial charge >= 0.3 is 0 Å². The van der Waals surface area contributed by atoms with Crippen LogP contribution in [0.25, 0.3) is 0 Å². The molecule has 2 rings (SSSR count). The van der Waals surface area contributed by atoms with Gasteiger partial charge in [-0.25, -0.2) is 0 Å². The number of hydrogen-bond acceptors (Lipinski definition) is 3. The largest absolute Gasteiger partial charge is 0.495 e. The third kappa shape index (κ3) is 2.88. The Bertz CT molecular complexity index is 411. The molecule has 5 heteroatoms. The van der Waals surface area contributed by atoms with Crippen LogP contribution in [0, 0.1) is 5.92 Å². The fraction of sp³-hybridized carbons (Fsp3) is 0.615.